The Morgan fingerprint density at radius 3 is 2.22 bits per heavy atom. The molecule has 0 aliphatic carbocycles. The minimum absolute atomic E-state index is 0.0294. The Morgan fingerprint density at radius 2 is 1.72 bits per heavy atom. The molecule has 0 radical (unpaired) electrons. The molecule has 3 N–H and O–H groups in total. The van der Waals surface area contributed by atoms with Gasteiger partial charge in [0.1, 0.15) is 11.5 Å². The summed E-state index contributed by atoms with van der Waals surface area (Å²) in [5, 5.41) is 3.36. The Hall–Kier alpha value is -1.26. The molecule has 100 valence electrons. The van der Waals surface area contributed by atoms with Crippen molar-refractivity contribution in [2.24, 2.45) is 11.7 Å². The minimum Gasteiger partial charge on any atom is -0.496 e. The van der Waals surface area contributed by atoms with Crippen LogP contribution in [0.15, 0.2) is 18.2 Å². The van der Waals surface area contributed by atoms with Gasteiger partial charge in [-0.05, 0) is 44.0 Å². The molecule has 2 rings (SSSR count). The summed E-state index contributed by atoms with van der Waals surface area (Å²) < 4.78 is 10.8. The number of benzene rings is 1. The zero-order valence-corrected chi connectivity index (χ0v) is 11.1. The van der Waals surface area contributed by atoms with E-state index >= 15 is 0 Å². The van der Waals surface area contributed by atoms with Crippen LogP contribution >= 0.6 is 0 Å². The molecule has 1 aliphatic rings. The maximum absolute atomic E-state index is 6.43. The zero-order chi connectivity index (χ0) is 13.0. The van der Waals surface area contributed by atoms with Crippen molar-refractivity contribution in [3.05, 3.63) is 23.8 Å². The van der Waals surface area contributed by atoms with Crippen LogP contribution < -0.4 is 20.5 Å². The normalized spacial score (nSPS) is 18.4. The number of methoxy groups -OCH3 is 2. The number of hydrogen-bond acceptors (Lipinski definition) is 4. The summed E-state index contributed by atoms with van der Waals surface area (Å²) in [5.41, 5.74) is 7.43. The lowest BCUT2D eigenvalue weighted by Crippen LogP contribution is -2.34. The van der Waals surface area contributed by atoms with Gasteiger partial charge in [0, 0.05) is 6.04 Å². The fraction of sp³-hybridized carbons (Fsp3) is 0.571. The first kappa shape index (κ1) is 13.2. The Balaban J connectivity index is 2.29. The van der Waals surface area contributed by atoms with Crippen molar-refractivity contribution in [3.8, 4) is 11.5 Å². The molecule has 0 aromatic heterocycles. The van der Waals surface area contributed by atoms with Gasteiger partial charge in [0.05, 0.1) is 19.8 Å². The molecule has 0 bridgehead atoms. The number of hydrogen-bond donors (Lipinski definition) is 2. The van der Waals surface area contributed by atoms with Gasteiger partial charge in [-0.15, -0.1) is 0 Å². The van der Waals surface area contributed by atoms with E-state index in [1.807, 2.05) is 18.2 Å². The van der Waals surface area contributed by atoms with Crippen LogP contribution in [-0.4, -0.2) is 27.3 Å². The molecular weight excluding hydrogens is 228 g/mol. The number of ether oxygens (including phenoxy) is 2. The van der Waals surface area contributed by atoms with Crippen LogP contribution in [0.4, 0.5) is 0 Å². The SMILES string of the molecule is COc1cccc(OC)c1[C@H](N)C1CCNCC1. The van der Waals surface area contributed by atoms with Crippen molar-refractivity contribution in [1.82, 2.24) is 5.32 Å². The van der Waals surface area contributed by atoms with Crippen LogP contribution in [0.5, 0.6) is 11.5 Å². The van der Waals surface area contributed by atoms with E-state index in [9.17, 15) is 0 Å². The summed E-state index contributed by atoms with van der Waals surface area (Å²) in [6.07, 6.45) is 2.20. The quantitative estimate of drug-likeness (QED) is 0.854. The van der Waals surface area contributed by atoms with Crippen molar-refractivity contribution >= 4 is 0 Å². The molecule has 4 nitrogen and oxygen atoms in total. The monoisotopic (exact) mass is 250 g/mol. The molecule has 18 heavy (non-hydrogen) atoms. The number of nitrogens with one attached hydrogen (secondary N) is 1. The Labute approximate surface area is 108 Å². The molecule has 0 unspecified atom stereocenters. The van der Waals surface area contributed by atoms with Crippen LogP contribution in [-0.2, 0) is 0 Å². The van der Waals surface area contributed by atoms with Gasteiger partial charge < -0.3 is 20.5 Å². The highest BCUT2D eigenvalue weighted by atomic mass is 16.5. The molecule has 1 aliphatic heterocycles. The van der Waals surface area contributed by atoms with Crippen LogP contribution in [0.3, 0.4) is 0 Å². The van der Waals surface area contributed by atoms with Crippen molar-refractivity contribution in [2.45, 2.75) is 18.9 Å². The molecule has 0 spiro atoms. The summed E-state index contributed by atoms with van der Waals surface area (Å²) in [7, 11) is 3.35. The highest BCUT2D eigenvalue weighted by Gasteiger charge is 2.26. The minimum atomic E-state index is -0.0294. The summed E-state index contributed by atoms with van der Waals surface area (Å²) >= 11 is 0. The second kappa shape index (κ2) is 6.07. The van der Waals surface area contributed by atoms with E-state index in [2.05, 4.69) is 5.32 Å². The van der Waals surface area contributed by atoms with Gasteiger partial charge in [-0.1, -0.05) is 6.07 Å². The van der Waals surface area contributed by atoms with E-state index in [1.54, 1.807) is 14.2 Å². The fourth-order valence-electron chi connectivity index (χ4n) is 2.65. The van der Waals surface area contributed by atoms with Gasteiger partial charge in [-0.3, -0.25) is 0 Å². The maximum Gasteiger partial charge on any atom is 0.127 e. The molecule has 0 saturated carbocycles. The average molecular weight is 250 g/mol. The van der Waals surface area contributed by atoms with E-state index in [4.69, 9.17) is 15.2 Å². The summed E-state index contributed by atoms with van der Waals surface area (Å²) in [5.74, 6) is 2.12. The van der Waals surface area contributed by atoms with E-state index in [0.29, 0.717) is 5.92 Å². The molecule has 1 aromatic rings. The van der Waals surface area contributed by atoms with Crippen molar-refractivity contribution in [1.29, 1.82) is 0 Å². The van der Waals surface area contributed by atoms with Gasteiger partial charge in [-0.25, -0.2) is 0 Å². The topological polar surface area (TPSA) is 56.5 Å². The molecule has 4 heteroatoms. The molecule has 1 aromatic carbocycles. The lowest BCUT2D eigenvalue weighted by Gasteiger charge is -2.30. The predicted molar refractivity (Wildman–Crippen MR) is 72.1 cm³/mol. The second-order valence-corrected chi connectivity index (χ2v) is 4.69. The summed E-state index contributed by atoms with van der Waals surface area (Å²) in [6.45, 7) is 2.08. The number of nitrogens with two attached hydrogens (primary N) is 1. The molecule has 1 fully saturated rings. The van der Waals surface area contributed by atoms with Crippen molar-refractivity contribution < 1.29 is 9.47 Å². The van der Waals surface area contributed by atoms with Gasteiger partial charge in [-0.2, -0.15) is 0 Å². The van der Waals surface area contributed by atoms with Crippen LogP contribution in [0, 0.1) is 5.92 Å². The number of piperidine rings is 1. The highest BCUT2D eigenvalue weighted by Crippen LogP contribution is 2.38. The van der Waals surface area contributed by atoms with E-state index in [0.717, 1.165) is 43.0 Å². The summed E-state index contributed by atoms with van der Waals surface area (Å²) in [4.78, 5) is 0. The largest absolute Gasteiger partial charge is 0.496 e. The highest BCUT2D eigenvalue weighted by molar-refractivity contribution is 5.47. The van der Waals surface area contributed by atoms with Gasteiger partial charge in [0.15, 0.2) is 0 Å². The molecule has 1 saturated heterocycles. The van der Waals surface area contributed by atoms with Crippen LogP contribution in [0.1, 0.15) is 24.4 Å². The Kier molecular flexibility index (Phi) is 4.44. The maximum atomic E-state index is 6.43. The first-order chi connectivity index (χ1) is 8.77. The molecular formula is C14H22N2O2. The first-order valence-electron chi connectivity index (χ1n) is 6.45. The Bertz CT molecular complexity index is 367. The van der Waals surface area contributed by atoms with E-state index in [-0.39, 0.29) is 6.04 Å². The Morgan fingerprint density at radius 1 is 1.17 bits per heavy atom. The third-order valence-electron chi connectivity index (χ3n) is 3.69. The van der Waals surface area contributed by atoms with E-state index < -0.39 is 0 Å². The van der Waals surface area contributed by atoms with Gasteiger partial charge in [0.2, 0.25) is 0 Å². The van der Waals surface area contributed by atoms with Crippen LogP contribution in [0.25, 0.3) is 0 Å². The molecule has 1 heterocycles. The number of rotatable bonds is 4. The summed E-state index contributed by atoms with van der Waals surface area (Å²) in [6, 6.07) is 5.78. The molecule has 0 amide bonds. The second-order valence-electron chi connectivity index (χ2n) is 4.69. The lowest BCUT2D eigenvalue weighted by molar-refractivity contribution is 0.303. The fourth-order valence-corrected chi connectivity index (χ4v) is 2.65. The van der Waals surface area contributed by atoms with Gasteiger partial charge in [0.25, 0.3) is 0 Å². The average Bonchev–Trinajstić information content (AvgIpc) is 2.46. The zero-order valence-electron chi connectivity index (χ0n) is 11.1. The van der Waals surface area contributed by atoms with Gasteiger partial charge >= 0.3 is 0 Å². The van der Waals surface area contributed by atoms with Crippen molar-refractivity contribution in [2.75, 3.05) is 27.3 Å². The van der Waals surface area contributed by atoms with Crippen molar-refractivity contribution in [3.63, 3.8) is 0 Å². The van der Waals surface area contributed by atoms with Crippen LogP contribution in [0.2, 0.25) is 0 Å². The lowest BCUT2D eigenvalue weighted by atomic mass is 9.86. The predicted octanol–water partition coefficient (Wildman–Crippen LogP) is 1.70. The standard InChI is InChI=1S/C14H22N2O2/c1-17-11-4-3-5-12(18-2)13(11)14(15)10-6-8-16-9-7-10/h3-5,10,14,16H,6-9,15H2,1-2H3/t14-/m1/s1. The molecule has 1 atom stereocenters. The smallest absolute Gasteiger partial charge is 0.127 e. The first-order valence-corrected chi connectivity index (χ1v) is 6.45. The van der Waals surface area contributed by atoms with E-state index in [1.165, 1.54) is 0 Å². The third kappa shape index (κ3) is 2.60. The third-order valence-corrected chi connectivity index (χ3v) is 3.69.